The minimum absolute atomic E-state index is 0.0426. The lowest BCUT2D eigenvalue weighted by atomic mass is 9.92. The van der Waals surface area contributed by atoms with E-state index in [9.17, 15) is 19.8 Å². The summed E-state index contributed by atoms with van der Waals surface area (Å²) in [5.41, 5.74) is -1.11. The van der Waals surface area contributed by atoms with Gasteiger partial charge in [0.1, 0.15) is 13.2 Å². The summed E-state index contributed by atoms with van der Waals surface area (Å²) in [6.45, 7) is 8.79. The van der Waals surface area contributed by atoms with Crippen LogP contribution in [0.3, 0.4) is 0 Å². The molecule has 0 saturated carbocycles. The van der Waals surface area contributed by atoms with E-state index in [1.54, 1.807) is 23.5 Å². The van der Waals surface area contributed by atoms with E-state index < -0.39 is 18.0 Å². The lowest BCUT2D eigenvalue weighted by Gasteiger charge is -2.33. The Labute approximate surface area is 495 Å². The van der Waals surface area contributed by atoms with Crippen molar-refractivity contribution in [2.75, 3.05) is 72.5 Å². The number of aliphatic hydroxyl groups is 2. The number of rotatable bonds is 66. The Morgan fingerprint density at radius 3 is 0.779 bits per heavy atom. The summed E-state index contributed by atoms with van der Waals surface area (Å²) in [5.74, 6) is 6.50. The highest BCUT2D eigenvalue weighted by Gasteiger charge is 2.37. The zero-order chi connectivity index (χ0) is 56.1. The minimum atomic E-state index is -1.11. The lowest BCUT2D eigenvalue weighted by molar-refractivity contribution is -0.194. The third-order valence-electron chi connectivity index (χ3n) is 14.7. The van der Waals surface area contributed by atoms with Gasteiger partial charge in [0, 0.05) is 24.3 Å². The molecule has 0 amide bonds. The average Bonchev–Trinajstić information content (AvgIpc) is 3.43. The van der Waals surface area contributed by atoms with Gasteiger partial charge in [-0.15, -0.1) is 0 Å². The minimum Gasteiger partial charge on any atom is -0.465 e. The first-order chi connectivity index (χ1) is 37.8. The SMILES string of the molecule is CCCCCCCCCCCCSCCC(=O)OCC(COC(=O)CCSCCCCCCCCCCCC)(COC(O)CCSCCCCCCCCCCCC)COC(O)CCSCCCCCCCCCCCC. The molecule has 0 saturated heterocycles. The fourth-order valence-electron chi connectivity index (χ4n) is 9.43. The van der Waals surface area contributed by atoms with Crippen LogP contribution in [0.25, 0.3) is 0 Å². The van der Waals surface area contributed by atoms with Gasteiger partial charge in [0.05, 0.1) is 31.5 Å². The maximum absolute atomic E-state index is 13.3. The number of ether oxygens (including phenoxy) is 4. The van der Waals surface area contributed by atoms with Crippen LogP contribution in [0.2, 0.25) is 0 Å². The van der Waals surface area contributed by atoms with Crippen LogP contribution in [0.5, 0.6) is 0 Å². The van der Waals surface area contributed by atoms with E-state index in [-0.39, 0.29) is 51.2 Å². The predicted molar refractivity (Wildman–Crippen MR) is 343 cm³/mol. The number of carbonyl (C=O) groups is 2. The molecule has 0 radical (unpaired) electrons. The van der Waals surface area contributed by atoms with Crippen molar-refractivity contribution in [3.63, 3.8) is 0 Å². The van der Waals surface area contributed by atoms with E-state index in [1.807, 2.05) is 23.5 Å². The number of aliphatic hydroxyl groups excluding tert-OH is 2. The zero-order valence-electron chi connectivity index (χ0n) is 51.2. The van der Waals surface area contributed by atoms with Crippen molar-refractivity contribution >= 4 is 59.0 Å². The summed E-state index contributed by atoms with van der Waals surface area (Å²) in [5, 5.41) is 22.3. The van der Waals surface area contributed by atoms with E-state index in [4.69, 9.17) is 18.9 Å². The highest BCUT2D eigenvalue weighted by molar-refractivity contribution is 7.99. The number of unbranched alkanes of at least 4 members (excludes halogenated alkanes) is 36. The standard InChI is InChI=1S/C65H128O8S4/c1-5-9-13-17-21-25-29-33-37-41-49-74-53-45-61(66)70-57-65(58-71-62(67)46-54-75-50-42-38-34-30-26-22-18-14-10-6-2,59-72-63(68)47-55-76-51-43-39-35-31-27-23-19-15-11-7-3)60-73-64(69)48-56-77-52-44-40-36-32-28-24-20-16-12-8-4/h61-62,66-67H,5-60H2,1-4H3. The monoisotopic (exact) mass is 1160 g/mol. The number of hydrogen-bond acceptors (Lipinski definition) is 12. The van der Waals surface area contributed by atoms with Gasteiger partial charge in [0.25, 0.3) is 0 Å². The molecule has 2 unspecified atom stereocenters. The Balaban J connectivity index is 5.41. The van der Waals surface area contributed by atoms with Gasteiger partial charge < -0.3 is 29.2 Å². The summed E-state index contributed by atoms with van der Waals surface area (Å²) >= 11 is 7.30. The maximum Gasteiger partial charge on any atom is 0.306 e. The Morgan fingerprint density at radius 2 is 0.532 bits per heavy atom. The summed E-state index contributed by atoms with van der Waals surface area (Å²) in [7, 11) is 0. The third-order valence-corrected chi connectivity index (χ3v) is 19.1. The van der Waals surface area contributed by atoms with Crippen LogP contribution in [0.15, 0.2) is 0 Å². The van der Waals surface area contributed by atoms with Crippen molar-refractivity contribution in [3.05, 3.63) is 0 Å². The smallest absolute Gasteiger partial charge is 0.306 e. The molecule has 12 heteroatoms. The first kappa shape index (κ1) is 77.2. The second kappa shape index (κ2) is 63.8. The molecule has 0 bridgehead atoms. The molecule has 0 aromatic rings. The molecule has 0 heterocycles. The largest absolute Gasteiger partial charge is 0.465 e. The molecular weight excluding hydrogens is 1040 g/mol. The van der Waals surface area contributed by atoms with Gasteiger partial charge in [-0.25, -0.2) is 0 Å². The molecule has 2 atom stereocenters. The van der Waals surface area contributed by atoms with Crippen molar-refractivity contribution in [1.82, 2.24) is 0 Å². The fraction of sp³-hybridized carbons (Fsp3) is 0.969. The van der Waals surface area contributed by atoms with E-state index >= 15 is 0 Å². The Bertz CT molecular complexity index is 1100. The van der Waals surface area contributed by atoms with Crippen molar-refractivity contribution in [3.8, 4) is 0 Å². The molecule has 0 aromatic carbocycles. The van der Waals surface area contributed by atoms with Crippen molar-refractivity contribution < 1.29 is 38.7 Å². The second-order valence-corrected chi connectivity index (χ2v) is 27.5. The molecule has 2 N–H and O–H groups in total. The van der Waals surface area contributed by atoms with Crippen LogP contribution < -0.4 is 0 Å². The number of thioether (sulfide) groups is 4. The van der Waals surface area contributed by atoms with Crippen molar-refractivity contribution in [2.45, 2.75) is 323 Å². The quantitative estimate of drug-likeness (QED) is 0.0344. The predicted octanol–water partition coefficient (Wildman–Crippen LogP) is 19.9. The van der Waals surface area contributed by atoms with E-state index in [2.05, 4.69) is 27.7 Å². The molecule has 0 aliphatic rings. The van der Waals surface area contributed by atoms with E-state index in [0.29, 0.717) is 24.3 Å². The average molecular weight is 1170 g/mol. The van der Waals surface area contributed by atoms with Gasteiger partial charge in [-0.05, 0) is 60.2 Å². The van der Waals surface area contributed by atoms with Gasteiger partial charge >= 0.3 is 11.9 Å². The number of carbonyl (C=O) groups excluding carboxylic acids is 2. The van der Waals surface area contributed by atoms with Gasteiger partial charge in [0.15, 0.2) is 12.6 Å². The topological polar surface area (TPSA) is 112 Å². The molecule has 0 aliphatic heterocycles. The number of hydrogen-bond donors (Lipinski definition) is 2. The van der Waals surface area contributed by atoms with Gasteiger partial charge in [-0.3, -0.25) is 9.59 Å². The first-order valence-electron chi connectivity index (χ1n) is 33.0. The summed E-state index contributed by atoms with van der Waals surface area (Å²) < 4.78 is 24.2. The van der Waals surface area contributed by atoms with Gasteiger partial charge in [-0.1, -0.05) is 259 Å². The van der Waals surface area contributed by atoms with Crippen LogP contribution in [0.1, 0.15) is 310 Å². The molecule has 0 aliphatic carbocycles. The van der Waals surface area contributed by atoms with E-state index in [0.717, 1.165) is 47.4 Å². The summed E-state index contributed by atoms with van der Waals surface area (Å²) in [6, 6.07) is 0. The Hall–Kier alpha value is 0.180. The first-order valence-corrected chi connectivity index (χ1v) is 37.7. The molecular formula is C65H128O8S4. The van der Waals surface area contributed by atoms with Crippen LogP contribution in [0.4, 0.5) is 0 Å². The highest BCUT2D eigenvalue weighted by atomic mass is 32.2. The second-order valence-electron chi connectivity index (χ2n) is 22.6. The Kier molecular flexibility index (Phi) is 63.9. The van der Waals surface area contributed by atoms with Gasteiger partial charge in [-0.2, -0.15) is 47.0 Å². The molecule has 77 heavy (non-hydrogen) atoms. The van der Waals surface area contributed by atoms with Gasteiger partial charge in [0.2, 0.25) is 0 Å². The van der Waals surface area contributed by atoms with Crippen LogP contribution in [-0.2, 0) is 28.5 Å². The molecule has 0 rings (SSSR count). The summed E-state index contributed by atoms with van der Waals surface area (Å²) in [4.78, 5) is 26.6. The van der Waals surface area contributed by atoms with E-state index in [1.165, 1.54) is 244 Å². The normalized spacial score (nSPS) is 12.6. The maximum atomic E-state index is 13.3. The van der Waals surface area contributed by atoms with Crippen LogP contribution in [0, 0.1) is 5.41 Å². The Morgan fingerprint density at radius 1 is 0.312 bits per heavy atom. The molecule has 8 nitrogen and oxygen atoms in total. The third kappa shape index (κ3) is 59.2. The molecule has 0 spiro atoms. The molecule has 0 aromatic heterocycles. The molecule has 460 valence electrons. The van der Waals surface area contributed by atoms with Crippen LogP contribution in [-0.4, -0.2) is 107 Å². The van der Waals surface area contributed by atoms with Crippen molar-refractivity contribution in [2.24, 2.45) is 5.41 Å². The zero-order valence-corrected chi connectivity index (χ0v) is 54.5. The lowest BCUT2D eigenvalue weighted by Crippen LogP contribution is -2.44. The summed E-state index contributed by atoms with van der Waals surface area (Å²) in [6.07, 6.45) is 51.9. The van der Waals surface area contributed by atoms with Crippen molar-refractivity contribution in [1.29, 1.82) is 0 Å². The fourth-order valence-corrected chi connectivity index (χ4v) is 13.2. The highest BCUT2D eigenvalue weighted by Crippen LogP contribution is 2.26. The number of esters is 2. The van der Waals surface area contributed by atoms with Crippen LogP contribution >= 0.6 is 47.0 Å². The molecule has 0 fully saturated rings.